The number of nitrogens with one attached hydrogen (secondary N) is 1. The minimum Gasteiger partial charge on any atom is -0.355 e. The van der Waals surface area contributed by atoms with E-state index in [4.69, 9.17) is 4.98 Å². The van der Waals surface area contributed by atoms with Gasteiger partial charge in [-0.3, -0.25) is 14.2 Å². The number of aromatic nitrogens is 2. The van der Waals surface area contributed by atoms with E-state index in [1.165, 1.54) is 23.1 Å². The Hall–Kier alpha value is -2.38. The minimum atomic E-state index is -0.101. The topological polar surface area (TPSA) is 64.0 Å². The van der Waals surface area contributed by atoms with Gasteiger partial charge in [0.25, 0.3) is 5.56 Å². The quantitative estimate of drug-likeness (QED) is 0.309. The van der Waals surface area contributed by atoms with Crippen molar-refractivity contribution in [3.63, 3.8) is 0 Å². The fraction of sp³-hybridized carbons (Fsp3) is 0.318. The van der Waals surface area contributed by atoms with Crippen molar-refractivity contribution >= 4 is 39.2 Å². The Bertz CT molecular complexity index is 1060. The summed E-state index contributed by atoms with van der Waals surface area (Å²) >= 11 is 2.78. The zero-order valence-corrected chi connectivity index (χ0v) is 18.3. The van der Waals surface area contributed by atoms with Crippen LogP contribution in [0.15, 0.2) is 59.0 Å². The normalized spacial score (nSPS) is 11.1. The summed E-state index contributed by atoms with van der Waals surface area (Å²) in [6, 6.07) is 11.9. The van der Waals surface area contributed by atoms with Gasteiger partial charge in [0.15, 0.2) is 5.16 Å². The van der Waals surface area contributed by atoms with Crippen molar-refractivity contribution in [2.24, 2.45) is 5.92 Å². The summed E-state index contributed by atoms with van der Waals surface area (Å²) in [5.74, 6) is 0.720. The Kier molecular flexibility index (Phi) is 7.28. The number of carbonyl (C=O) groups is 1. The van der Waals surface area contributed by atoms with E-state index in [-0.39, 0.29) is 17.2 Å². The number of thioether (sulfide) groups is 1. The van der Waals surface area contributed by atoms with Gasteiger partial charge in [0.1, 0.15) is 4.83 Å². The standard InChI is InChI=1S/C22H25N3O2S2/c1-4-12-25-21(27)17-13-18(16-8-6-5-7-9-16)29-20(17)24-22(25)28-14-19(26)23-11-10-15(2)3/h4-9,13,15H,1,10-12,14H2,2-3H3,(H,23,26). The number of amides is 1. The molecule has 1 amide bonds. The molecule has 3 aromatic rings. The van der Waals surface area contributed by atoms with Crippen molar-refractivity contribution in [2.75, 3.05) is 12.3 Å². The van der Waals surface area contributed by atoms with Crippen molar-refractivity contribution in [2.45, 2.75) is 32.0 Å². The first-order valence-electron chi connectivity index (χ1n) is 9.59. The average Bonchev–Trinajstić information content (AvgIpc) is 3.14. The predicted octanol–water partition coefficient (Wildman–Crippen LogP) is 4.57. The highest BCUT2D eigenvalue weighted by atomic mass is 32.2. The zero-order chi connectivity index (χ0) is 20.8. The second-order valence-electron chi connectivity index (χ2n) is 7.12. The molecule has 29 heavy (non-hydrogen) atoms. The largest absolute Gasteiger partial charge is 0.355 e. The Morgan fingerprint density at radius 1 is 1.34 bits per heavy atom. The third-order valence-electron chi connectivity index (χ3n) is 4.36. The number of fused-ring (bicyclic) bond motifs is 1. The molecule has 0 saturated heterocycles. The van der Waals surface area contributed by atoms with Gasteiger partial charge in [-0.25, -0.2) is 4.98 Å². The highest BCUT2D eigenvalue weighted by molar-refractivity contribution is 7.99. The number of hydrogen-bond acceptors (Lipinski definition) is 5. The fourth-order valence-electron chi connectivity index (χ4n) is 2.82. The summed E-state index contributed by atoms with van der Waals surface area (Å²) in [6.07, 6.45) is 2.62. The zero-order valence-electron chi connectivity index (χ0n) is 16.7. The van der Waals surface area contributed by atoms with Gasteiger partial charge < -0.3 is 5.32 Å². The molecule has 1 N–H and O–H groups in total. The van der Waals surface area contributed by atoms with Crippen LogP contribution < -0.4 is 10.9 Å². The number of nitrogens with zero attached hydrogens (tertiary/aromatic N) is 2. The van der Waals surface area contributed by atoms with E-state index < -0.39 is 0 Å². The molecule has 0 bridgehead atoms. The summed E-state index contributed by atoms with van der Waals surface area (Å²) in [5.41, 5.74) is 0.958. The third kappa shape index (κ3) is 5.36. The van der Waals surface area contributed by atoms with E-state index in [9.17, 15) is 9.59 Å². The van der Waals surface area contributed by atoms with Gasteiger partial charge in [0.05, 0.1) is 11.1 Å². The molecule has 152 valence electrons. The first-order valence-corrected chi connectivity index (χ1v) is 11.4. The molecule has 7 heteroatoms. The smallest absolute Gasteiger partial charge is 0.263 e. The molecule has 0 aliphatic heterocycles. The van der Waals surface area contributed by atoms with Crippen LogP contribution in [0.1, 0.15) is 20.3 Å². The maximum Gasteiger partial charge on any atom is 0.263 e. The molecule has 0 atom stereocenters. The van der Waals surface area contributed by atoms with Crippen molar-refractivity contribution in [1.82, 2.24) is 14.9 Å². The van der Waals surface area contributed by atoms with E-state index >= 15 is 0 Å². The van der Waals surface area contributed by atoms with Crippen LogP contribution in [0.5, 0.6) is 0 Å². The van der Waals surface area contributed by atoms with Crippen LogP contribution >= 0.6 is 23.1 Å². The molecule has 0 spiro atoms. The Balaban J connectivity index is 1.86. The highest BCUT2D eigenvalue weighted by Gasteiger charge is 2.16. The van der Waals surface area contributed by atoms with Crippen LogP contribution in [0.4, 0.5) is 0 Å². The van der Waals surface area contributed by atoms with Crippen molar-refractivity contribution in [1.29, 1.82) is 0 Å². The maximum absolute atomic E-state index is 13.0. The molecule has 0 radical (unpaired) electrons. The number of allylic oxidation sites excluding steroid dienone is 1. The lowest BCUT2D eigenvalue weighted by atomic mass is 10.1. The van der Waals surface area contributed by atoms with Gasteiger partial charge in [-0.2, -0.15) is 0 Å². The summed E-state index contributed by atoms with van der Waals surface area (Å²) in [7, 11) is 0. The molecule has 0 saturated carbocycles. The van der Waals surface area contributed by atoms with Gasteiger partial charge in [0.2, 0.25) is 5.91 Å². The molecular formula is C22H25N3O2S2. The third-order valence-corrected chi connectivity index (χ3v) is 6.42. The molecule has 5 nitrogen and oxygen atoms in total. The van der Waals surface area contributed by atoms with Crippen LogP contribution in [0, 0.1) is 5.92 Å². The van der Waals surface area contributed by atoms with E-state index in [2.05, 4.69) is 25.7 Å². The molecule has 0 fully saturated rings. The first-order chi connectivity index (χ1) is 14.0. The van der Waals surface area contributed by atoms with Crippen LogP contribution in [-0.2, 0) is 11.3 Å². The van der Waals surface area contributed by atoms with Crippen LogP contribution in [-0.4, -0.2) is 27.8 Å². The summed E-state index contributed by atoms with van der Waals surface area (Å²) in [5, 5.41) is 4.06. The number of hydrogen-bond donors (Lipinski definition) is 1. The lowest BCUT2D eigenvalue weighted by Crippen LogP contribution is -2.28. The van der Waals surface area contributed by atoms with Gasteiger partial charge >= 0.3 is 0 Å². The predicted molar refractivity (Wildman–Crippen MR) is 123 cm³/mol. The average molecular weight is 428 g/mol. The fourth-order valence-corrected chi connectivity index (χ4v) is 4.74. The van der Waals surface area contributed by atoms with Gasteiger partial charge in [0, 0.05) is 18.0 Å². The Morgan fingerprint density at radius 2 is 2.10 bits per heavy atom. The van der Waals surface area contributed by atoms with Crippen molar-refractivity contribution in [3.8, 4) is 10.4 Å². The molecule has 0 aliphatic rings. The summed E-state index contributed by atoms with van der Waals surface area (Å²) in [6.45, 7) is 9.02. The lowest BCUT2D eigenvalue weighted by molar-refractivity contribution is -0.118. The molecular weight excluding hydrogens is 402 g/mol. The van der Waals surface area contributed by atoms with Crippen molar-refractivity contribution in [3.05, 3.63) is 59.4 Å². The van der Waals surface area contributed by atoms with Crippen LogP contribution in [0.25, 0.3) is 20.7 Å². The monoisotopic (exact) mass is 427 g/mol. The molecule has 0 aliphatic carbocycles. The van der Waals surface area contributed by atoms with Crippen LogP contribution in [0.2, 0.25) is 0 Å². The maximum atomic E-state index is 13.0. The van der Waals surface area contributed by atoms with Gasteiger partial charge in [-0.1, -0.05) is 62.0 Å². The molecule has 2 heterocycles. The lowest BCUT2D eigenvalue weighted by Gasteiger charge is -2.10. The number of carbonyl (C=O) groups excluding carboxylic acids is 1. The van der Waals surface area contributed by atoms with E-state index in [0.29, 0.717) is 34.4 Å². The molecule has 0 unspecified atom stereocenters. The second-order valence-corrected chi connectivity index (χ2v) is 9.09. The Labute approximate surface area is 178 Å². The molecule has 1 aromatic carbocycles. The SMILES string of the molecule is C=CCn1c(SCC(=O)NCCC(C)C)nc2sc(-c3ccccc3)cc2c1=O. The van der Waals surface area contributed by atoms with Gasteiger partial charge in [-0.05, 0) is 24.0 Å². The minimum absolute atomic E-state index is 0.0497. The second kappa shape index (κ2) is 9.89. The first kappa shape index (κ1) is 21.3. The summed E-state index contributed by atoms with van der Waals surface area (Å²) in [4.78, 5) is 31.6. The number of rotatable bonds is 9. The van der Waals surface area contributed by atoms with Gasteiger partial charge in [-0.15, -0.1) is 17.9 Å². The number of thiophene rings is 1. The van der Waals surface area contributed by atoms with Crippen LogP contribution in [0.3, 0.4) is 0 Å². The number of benzene rings is 1. The van der Waals surface area contributed by atoms with E-state index in [1.807, 2.05) is 36.4 Å². The van der Waals surface area contributed by atoms with Crippen molar-refractivity contribution < 1.29 is 4.79 Å². The van der Waals surface area contributed by atoms with E-state index in [0.717, 1.165) is 16.9 Å². The van der Waals surface area contributed by atoms with E-state index in [1.54, 1.807) is 10.6 Å². The molecule has 3 rings (SSSR count). The molecule has 2 aromatic heterocycles. The highest BCUT2D eigenvalue weighted by Crippen LogP contribution is 2.32. The Morgan fingerprint density at radius 3 is 2.79 bits per heavy atom. The summed E-state index contributed by atoms with van der Waals surface area (Å²) < 4.78 is 1.59.